The van der Waals surface area contributed by atoms with E-state index in [1.54, 1.807) is 6.07 Å². The fourth-order valence-corrected chi connectivity index (χ4v) is 2.87. The second kappa shape index (κ2) is 5.26. The van der Waals surface area contributed by atoms with Crippen molar-refractivity contribution >= 4 is 57.4 Å². The fourth-order valence-electron chi connectivity index (χ4n) is 1.40. The van der Waals surface area contributed by atoms with Crippen molar-refractivity contribution in [2.45, 2.75) is 0 Å². The highest BCUT2D eigenvalue weighted by Gasteiger charge is 2.15. The predicted molar refractivity (Wildman–Crippen MR) is 77.4 cm³/mol. The molecule has 2 rings (SSSR count). The second-order valence-electron chi connectivity index (χ2n) is 3.24. The van der Waals surface area contributed by atoms with E-state index in [-0.39, 0.29) is 5.56 Å². The number of aromatic nitrogens is 1. The van der Waals surface area contributed by atoms with Gasteiger partial charge in [-0.25, -0.2) is 4.98 Å². The first kappa shape index (κ1) is 13.3. The highest BCUT2D eigenvalue weighted by Crippen LogP contribution is 2.38. The van der Waals surface area contributed by atoms with Crippen LogP contribution >= 0.6 is 57.4 Å². The number of rotatable bonds is 1. The molecule has 0 aliphatic heterocycles. The second-order valence-corrected chi connectivity index (χ2v) is 5.73. The average molecular weight is 402 g/mol. The van der Waals surface area contributed by atoms with E-state index < -0.39 is 5.95 Å². The molecule has 0 saturated heterocycles. The zero-order valence-corrected chi connectivity index (χ0v) is 12.6. The summed E-state index contributed by atoms with van der Waals surface area (Å²) in [4.78, 5) is 3.64. The van der Waals surface area contributed by atoms with Crippen molar-refractivity contribution in [3.8, 4) is 11.1 Å². The molecule has 0 N–H and O–H groups in total. The topological polar surface area (TPSA) is 12.9 Å². The van der Waals surface area contributed by atoms with Gasteiger partial charge in [0.2, 0.25) is 5.95 Å². The van der Waals surface area contributed by atoms with Crippen LogP contribution in [0.4, 0.5) is 4.39 Å². The van der Waals surface area contributed by atoms with Crippen molar-refractivity contribution < 1.29 is 4.39 Å². The smallest absolute Gasteiger partial charge is 0.220 e. The van der Waals surface area contributed by atoms with Gasteiger partial charge in [0.25, 0.3) is 0 Å². The van der Waals surface area contributed by atoms with Gasteiger partial charge in [-0.2, -0.15) is 4.39 Å². The molecule has 0 aliphatic carbocycles. The third kappa shape index (κ3) is 2.84. The number of pyridine rings is 1. The summed E-state index contributed by atoms with van der Waals surface area (Å²) in [6.07, 6.45) is 1.43. The maximum atomic E-state index is 13.7. The average Bonchev–Trinajstić information content (AvgIpc) is 2.21. The molecule has 0 spiro atoms. The van der Waals surface area contributed by atoms with Crippen LogP contribution in [0.3, 0.4) is 0 Å². The molecule has 1 aromatic carbocycles. The SMILES string of the molecule is Fc1ncc(I)cc1-c1c(Cl)cc(Cl)cc1Cl. The molecule has 0 unspecified atom stereocenters. The Balaban J connectivity index is 2.72. The predicted octanol–water partition coefficient (Wildman–Crippen LogP) is 5.45. The summed E-state index contributed by atoms with van der Waals surface area (Å²) in [6.45, 7) is 0. The first-order chi connectivity index (χ1) is 7.99. The van der Waals surface area contributed by atoms with Crippen molar-refractivity contribution in [1.82, 2.24) is 4.98 Å². The first-order valence-corrected chi connectivity index (χ1v) is 6.66. The van der Waals surface area contributed by atoms with Gasteiger partial charge >= 0.3 is 0 Å². The van der Waals surface area contributed by atoms with Crippen molar-refractivity contribution in [2.75, 3.05) is 0 Å². The van der Waals surface area contributed by atoms with Crippen LogP contribution < -0.4 is 0 Å². The maximum Gasteiger partial charge on any atom is 0.220 e. The maximum absolute atomic E-state index is 13.7. The fraction of sp³-hybridized carbons (Fsp3) is 0. The van der Waals surface area contributed by atoms with Crippen LogP contribution in [0.5, 0.6) is 0 Å². The minimum absolute atomic E-state index is 0.267. The monoisotopic (exact) mass is 401 g/mol. The van der Waals surface area contributed by atoms with E-state index in [1.807, 2.05) is 22.6 Å². The normalized spacial score (nSPS) is 10.6. The minimum Gasteiger partial charge on any atom is -0.227 e. The Labute approximate surface area is 126 Å². The molecule has 1 heterocycles. The lowest BCUT2D eigenvalue weighted by Gasteiger charge is -2.08. The van der Waals surface area contributed by atoms with Gasteiger partial charge in [-0.3, -0.25) is 0 Å². The number of hydrogen-bond donors (Lipinski definition) is 0. The van der Waals surface area contributed by atoms with E-state index in [2.05, 4.69) is 4.98 Å². The number of halogens is 5. The molecule has 0 radical (unpaired) electrons. The van der Waals surface area contributed by atoms with Crippen LogP contribution in [0.15, 0.2) is 24.4 Å². The Morgan fingerprint density at radius 2 is 1.65 bits per heavy atom. The highest BCUT2D eigenvalue weighted by atomic mass is 127. The Kier molecular flexibility index (Phi) is 4.13. The highest BCUT2D eigenvalue weighted by molar-refractivity contribution is 14.1. The molecule has 0 bridgehead atoms. The molecule has 1 aromatic heterocycles. The lowest BCUT2D eigenvalue weighted by Crippen LogP contribution is -1.92. The Morgan fingerprint density at radius 1 is 1.06 bits per heavy atom. The Morgan fingerprint density at radius 3 is 2.24 bits per heavy atom. The van der Waals surface area contributed by atoms with Crippen LogP contribution in [0, 0.1) is 9.52 Å². The molecule has 6 heteroatoms. The summed E-state index contributed by atoms with van der Waals surface area (Å²) in [5, 5.41) is 0.998. The third-order valence-corrected chi connectivity index (χ3v) is 3.49. The number of benzene rings is 1. The van der Waals surface area contributed by atoms with Crippen LogP contribution in [0.1, 0.15) is 0 Å². The number of nitrogens with zero attached hydrogens (tertiary/aromatic N) is 1. The van der Waals surface area contributed by atoms with Crippen LogP contribution in [0.2, 0.25) is 15.1 Å². The molecule has 88 valence electrons. The summed E-state index contributed by atoms with van der Waals surface area (Å²) < 4.78 is 14.4. The molecule has 0 aliphatic rings. The molecule has 2 aromatic rings. The lowest BCUT2D eigenvalue weighted by molar-refractivity contribution is 0.587. The molecular weight excluding hydrogens is 398 g/mol. The van der Waals surface area contributed by atoms with E-state index in [0.717, 1.165) is 3.57 Å². The van der Waals surface area contributed by atoms with Gasteiger partial charge in [0.1, 0.15) is 0 Å². The van der Waals surface area contributed by atoms with E-state index in [9.17, 15) is 4.39 Å². The standard InChI is InChI=1S/C11H4Cl3FIN/c12-5-1-8(13)10(9(14)2-5)7-3-6(16)4-17-11(7)15/h1-4H. The van der Waals surface area contributed by atoms with Gasteiger partial charge in [0, 0.05) is 25.9 Å². The largest absolute Gasteiger partial charge is 0.227 e. The van der Waals surface area contributed by atoms with Crippen LogP contribution in [0.25, 0.3) is 11.1 Å². The van der Waals surface area contributed by atoms with Gasteiger partial charge in [-0.05, 0) is 40.8 Å². The zero-order valence-electron chi connectivity index (χ0n) is 8.15. The van der Waals surface area contributed by atoms with Crippen molar-refractivity contribution in [3.05, 3.63) is 49.0 Å². The first-order valence-electron chi connectivity index (χ1n) is 4.45. The molecule has 0 atom stereocenters. The molecule has 0 fully saturated rings. The van der Waals surface area contributed by atoms with Crippen LogP contribution in [-0.2, 0) is 0 Å². The van der Waals surface area contributed by atoms with E-state index in [0.29, 0.717) is 20.6 Å². The molecule has 1 nitrogen and oxygen atoms in total. The molecule has 0 amide bonds. The number of hydrogen-bond acceptors (Lipinski definition) is 1. The lowest BCUT2D eigenvalue weighted by atomic mass is 10.1. The summed E-state index contributed by atoms with van der Waals surface area (Å²) in [6, 6.07) is 4.66. The molecule has 17 heavy (non-hydrogen) atoms. The van der Waals surface area contributed by atoms with Crippen molar-refractivity contribution in [3.63, 3.8) is 0 Å². The van der Waals surface area contributed by atoms with Gasteiger partial charge in [-0.1, -0.05) is 34.8 Å². The Bertz CT molecular complexity index is 566. The van der Waals surface area contributed by atoms with E-state index in [4.69, 9.17) is 34.8 Å². The molecular formula is C11H4Cl3FIN. The van der Waals surface area contributed by atoms with Gasteiger partial charge in [0.05, 0.1) is 10.0 Å². The van der Waals surface area contributed by atoms with Gasteiger partial charge in [0.15, 0.2) is 0 Å². The van der Waals surface area contributed by atoms with Crippen LogP contribution in [-0.4, -0.2) is 4.98 Å². The van der Waals surface area contributed by atoms with Crippen molar-refractivity contribution in [2.24, 2.45) is 0 Å². The summed E-state index contributed by atoms with van der Waals surface area (Å²) >= 11 is 19.9. The third-order valence-electron chi connectivity index (χ3n) is 2.08. The van der Waals surface area contributed by atoms with Gasteiger partial charge < -0.3 is 0 Å². The van der Waals surface area contributed by atoms with Crippen molar-refractivity contribution in [1.29, 1.82) is 0 Å². The zero-order chi connectivity index (χ0) is 12.6. The quantitative estimate of drug-likeness (QED) is 0.456. The molecule has 0 saturated carbocycles. The minimum atomic E-state index is -0.614. The van der Waals surface area contributed by atoms with E-state index in [1.165, 1.54) is 18.3 Å². The van der Waals surface area contributed by atoms with Gasteiger partial charge in [-0.15, -0.1) is 0 Å². The van der Waals surface area contributed by atoms with E-state index >= 15 is 0 Å². The summed E-state index contributed by atoms with van der Waals surface area (Å²) in [5.41, 5.74) is 0.671. The summed E-state index contributed by atoms with van der Waals surface area (Å²) in [5.74, 6) is -0.614. The Hall–Kier alpha value is -0.100. The summed E-state index contributed by atoms with van der Waals surface area (Å²) in [7, 11) is 0.